The van der Waals surface area contributed by atoms with E-state index in [1.54, 1.807) is 11.9 Å². The van der Waals surface area contributed by atoms with Gasteiger partial charge in [-0.25, -0.2) is 0 Å². The smallest absolute Gasteiger partial charge is 0.390 e. The Morgan fingerprint density at radius 2 is 1.83 bits per heavy atom. The SMILES string of the molecule is CC1CCC(CO)(CN(C)CCC(F)(F)F)CC1. The highest BCUT2D eigenvalue weighted by atomic mass is 19.4. The van der Waals surface area contributed by atoms with Crippen LogP contribution in [0.15, 0.2) is 0 Å². The molecule has 1 fully saturated rings. The van der Waals surface area contributed by atoms with E-state index in [2.05, 4.69) is 6.92 Å². The summed E-state index contributed by atoms with van der Waals surface area (Å²) in [5, 5.41) is 9.56. The maximum absolute atomic E-state index is 12.1. The van der Waals surface area contributed by atoms with Crippen LogP contribution >= 0.6 is 0 Å². The maximum Gasteiger partial charge on any atom is 0.390 e. The monoisotopic (exact) mass is 267 g/mol. The molecule has 0 aromatic carbocycles. The van der Waals surface area contributed by atoms with E-state index >= 15 is 0 Å². The predicted octanol–water partition coefficient (Wildman–Crippen LogP) is 3.06. The third kappa shape index (κ3) is 5.14. The van der Waals surface area contributed by atoms with Gasteiger partial charge in [0.1, 0.15) is 0 Å². The molecule has 0 saturated heterocycles. The zero-order valence-electron chi connectivity index (χ0n) is 11.3. The summed E-state index contributed by atoms with van der Waals surface area (Å²) in [7, 11) is 1.71. The first-order valence-corrected chi connectivity index (χ1v) is 6.62. The maximum atomic E-state index is 12.1. The predicted molar refractivity (Wildman–Crippen MR) is 65.3 cm³/mol. The van der Waals surface area contributed by atoms with Crippen molar-refractivity contribution in [1.29, 1.82) is 0 Å². The molecule has 0 amide bonds. The van der Waals surface area contributed by atoms with E-state index in [0.29, 0.717) is 12.5 Å². The number of halogens is 3. The van der Waals surface area contributed by atoms with Crippen LogP contribution in [0.2, 0.25) is 0 Å². The molecule has 0 radical (unpaired) electrons. The Kier molecular flexibility index (Phi) is 5.46. The Morgan fingerprint density at radius 1 is 1.28 bits per heavy atom. The van der Waals surface area contributed by atoms with Gasteiger partial charge in [-0.1, -0.05) is 19.8 Å². The Labute approximate surface area is 107 Å². The van der Waals surface area contributed by atoms with Crippen LogP contribution in [0.3, 0.4) is 0 Å². The molecule has 2 nitrogen and oxygen atoms in total. The number of aliphatic hydroxyl groups excluding tert-OH is 1. The molecule has 0 bridgehead atoms. The van der Waals surface area contributed by atoms with Gasteiger partial charge in [0.2, 0.25) is 0 Å². The number of alkyl halides is 3. The summed E-state index contributed by atoms with van der Waals surface area (Å²) in [5.41, 5.74) is -0.188. The summed E-state index contributed by atoms with van der Waals surface area (Å²) in [6.45, 7) is 2.85. The fourth-order valence-electron chi connectivity index (χ4n) is 2.71. The molecule has 0 unspecified atom stereocenters. The van der Waals surface area contributed by atoms with Gasteiger partial charge in [0.15, 0.2) is 0 Å². The van der Waals surface area contributed by atoms with Crippen LogP contribution in [0.25, 0.3) is 0 Å². The third-order valence-corrected chi connectivity index (χ3v) is 4.05. The van der Waals surface area contributed by atoms with Crippen LogP contribution in [-0.4, -0.2) is 42.9 Å². The second-order valence-corrected chi connectivity index (χ2v) is 5.94. The van der Waals surface area contributed by atoms with Crippen LogP contribution in [0.4, 0.5) is 13.2 Å². The van der Waals surface area contributed by atoms with Crippen molar-refractivity contribution in [2.75, 3.05) is 26.7 Å². The zero-order chi connectivity index (χ0) is 13.8. The molecule has 0 spiro atoms. The number of nitrogens with zero attached hydrogens (tertiary/aromatic N) is 1. The standard InChI is InChI=1S/C13H24F3NO/c1-11-3-5-12(10-18,6-4-11)9-17(2)8-7-13(14,15)16/h11,18H,3-10H2,1-2H3. The van der Waals surface area contributed by atoms with Crippen molar-refractivity contribution in [3.8, 4) is 0 Å². The minimum absolute atomic E-state index is 0.0147. The molecule has 1 aliphatic carbocycles. The van der Waals surface area contributed by atoms with Gasteiger partial charge in [-0.3, -0.25) is 0 Å². The Morgan fingerprint density at radius 3 is 2.28 bits per heavy atom. The highest BCUT2D eigenvalue weighted by Gasteiger charge is 2.35. The molecule has 1 N–H and O–H groups in total. The van der Waals surface area contributed by atoms with Crippen LogP contribution in [0.5, 0.6) is 0 Å². The van der Waals surface area contributed by atoms with Crippen molar-refractivity contribution in [2.24, 2.45) is 11.3 Å². The lowest BCUT2D eigenvalue weighted by molar-refractivity contribution is -0.138. The van der Waals surface area contributed by atoms with E-state index in [1.165, 1.54) is 0 Å². The van der Waals surface area contributed by atoms with Gasteiger partial charge in [0.25, 0.3) is 0 Å². The van der Waals surface area contributed by atoms with E-state index in [0.717, 1.165) is 25.7 Å². The van der Waals surface area contributed by atoms with Crippen LogP contribution < -0.4 is 0 Å². The average molecular weight is 267 g/mol. The molecule has 108 valence electrons. The number of rotatable bonds is 5. The third-order valence-electron chi connectivity index (χ3n) is 4.05. The van der Waals surface area contributed by atoms with E-state index in [9.17, 15) is 18.3 Å². The first-order chi connectivity index (χ1) is 8.26. The molecule has 5 heteroatoms. The average Bonchev–Trinajstić information content (AvgIpc) is 2.29. The molecule has 0 aromatic heterocycles. The van der Waals surface area contributed by atoms with Gasteiger partial charge >= 0.3 is 6.18 Å². The van der Waals surface area contributed by atoms with Crippen molar-refractivity contribution < 1.29 is 18.3 Å². The minimum Gasteiger partial charge on any atom is -0.396 e. The van der Waals surface area contributed by atoms with Crippen LogP contribution in [0.1, 0.15) is 39.0 Å². The van der Waals surface area contributed by atoms with Crippen molar-refractivity contribution in [1.82, 2.24) is 4.90 Å². The van der Waals surface area contributed by atoms with Gasteiger partial charge in [0.05, 0.1) is 6.42 Å². The normalized spacial score (nSPS) is 29.8. The summed E-state index contributed by atoms with van der Waals surface area (Å²) < 4.78 is 36.4. The van der Waals surface area contributed by atoms with Crippen LogP contribution in [0, 0.1) is 11.3 Å². The number of hydrogen-bond acceptors (Lipinski definition) is 2. The molecule has 0 aromatic rings. The van der Waals surface area contributed by atoms with Crippen molar-refractivity contribution >= 4 is 0 Å². The summed E-state index contributed by atoms with van der Waals surface area (Å²) in [6, 6.07) is 0. The van der Waals surface area contributed by atoms with Crippen LogP contribution in [-0.2, 0) is 0 Å². The van der Waals surface area contributed by atoms with Gasteiger partial charge in [-0.15, -0.1) is 0 Å². The Balaban J connectivity index is 2.42. The van der Waals surface area contributed by atoms with Crippen molar-refractivity contribution in [3.05, 3.63) is 0 Å². The lowest BCUT2D eigenvalue weighted by Gasteiger charge is -2.40. The molecule has 18 heavy (non-hydrogen) atoms. The largest absolute Gasteiger partial charge is 0.396 e. The summed E-state index contributed by atoms with van der Waals surface area (Å²) in [6.07, 6.45) is -0.910. The van der Waals surface area contributed by atoms with E-state index in [-0.39, 0.29) is 18.6 Å². The quantitative estimate of drug-likeness (QED) is 0.827. The highest BCUT2D eigenvalue weighted by molar-refractivity contribution is 4.86. The van der Waals surface area contributed by atoms with E-state index in [4.69, 9.17) is 0 Å². The van der Waals surface area contributed by atoms with E-state index in [1.807, 2.05) is 0 Å². The number of aliphatic hydroxyl groups is 1. The minimum atomic E-state index is -4.10. The Bertz CT molecular complexity index is 247. The van der Waals surface area contributed by atoms with Gasteiger partial charge in [-0.2, -0.15) is 13.2 Å². The molecular formula is C13H24F3NO. The molecule has 1 rings (SSSR count). The highest BCUT2D eigenvalue weighted by Crippen LogP contribution is 2.39. The zero-order valence-corrected chi connectivity index (χ0v) is 11.3. The molecule has 0 heterocycles. The lowest BCUT2D eigenvalue weighted by Crippen LogP contribution is -2.42. The second kappa shape index (κ2) is 6.24. The fraction of sp³-hybridized carbons (Fsp3) is 1.00. The van der Waals surface area contributed by atoms with Crippen molar-refractivity contribution in [3.63, 3.8) is 0 Å². The first-order valence-electron chi connectivity index (χ1n) is 6.62. The summed E-state index contributed by atoms with van der Waals surface area (Å²) in [5.74, 6) is 0.671. The van der Waals surface area contributed by atoms with Gasteiger partial charge < -0.3 is 10.0 Å². The molecule has 1 aliphatic rings. The van der Waals surface area contributed by atoms with Gasteiger partial charge in [0, 0.05) is 25.1 Å². The topological polar surface area (TPSA) is 23.5 Å². The van der Waals surface area contributed by atoms with Crippen molar-refractivity contribution in [2.45, 2.75) is 45.2 Å². The van der Waals surface area contributed by atoms with E-state index < -0.39 is 12.6 Å². The summed E-state index contributed by atoms with van der Waals surface area (Å²) >= 11 is 0. The molecule has 0 atom stereocenters. The van der Waals surface area contributed by atoms with Gasteiger partial charge in [-0.05, 0) is 25.8 Å². The molecule has 0 aliphatic heterocycles. The fourth-order valence-corrected chi connectivity index (χ4v) is 2.71. The molecule has 1 saturated carbocycles. The number of hydrogen-bond donors (Lipinski definition) is 1. The first kappa shape index (κ1) is 15.8. The summed E-state index contributed by atoms with van der Waals surface area (Å²) in [4.78, 5) is 1.71. The second-order valence-electron chi connectivity index (χ2n) is 5.94. The Hall–Kier alpha value is -0.290. The lowest BCUT2D eigenvalue weighted by atomic mass is 9.71. The molecular weight excluding hydrogens is 243 g/mol.